The van der Waals surface area contributed by atoms with Crippen LogP contribution in [0.15, 0.2) is 61.1 Å². The van der Waals surface area contributed by atoms with Crippen molar-refractivity contribution in [3.8, 4) is 11.4 Å². The maximum Gasteiger partial charge on any atom is 0.253 e. The summed E-state index contributed by atoms with van der Waals surface area (Å²) < 4.78 is 7.17. The predicted molar refractivity (Wildman–Crippen MR) is 122 cm³/mol. The predicted octanol–water partition coefficient (Wildman–Crippen LogP) is 3.53. The van der Waals surface area contributed by atoms with Crippen molar-refractivity contribution in [3.63, 3.8) is 0 Å². The normalized spacial score (nSPS) is 14.5. The fourth-order valence-electron chi connectivity index (χ4n) is 4.10. The Morgan fingerprint density at radius 3 is 2.72 bits per heavy atom. The van der Waals surface area contributed by atoms with Gasteiger partial charge in [-0.3, -0.25) is 19.4 Å². The number of benzene rings is 1. The Labute approximate surface area is 186 Å². The lowest BCUT2D eigenvalue weighted by Gasteiger charge is -2.23. The van der Waals surface area contributed by atoms with Gasteiger partial charge in [0.05, 0.1) is 16.8 Å². The van der Waals surface area contributed by atoms with Crippen LogP contribution in [0.2, 0.25) is 0 Å². The molecule has 1 aliphatic heterocycles. The van der Waals surface area contributed by atoms with Crippen molar-refractivity contribution < 1.29 is 9.53 Å². The topological polar surface area (TPSA) is 81.9 Å². The molecule has 0 saturated carbocycles. The molecule has 1 saturated heterocycles. The Bertz CT molecular complexity index is 1240. The van der Waals surface area contributed by atoms with Gasteiger partial charge in [0.15, 0.2) is 0 Å². The minimum atomic E-state index is -0.0777. The summed E-state index contributed by atoms with van der Waals surface area (Å²) in [5, 5.41) is 8.53. The van der Waals surface area contributed by atoms with Crippen LogP contribution in [0.3, 0.4) is 0 Å². The van der Waals surface area contributed by atoms with Crippen molar-refractivity contribution in [3.05, 3.63) is 77.7 Å². The molecule has 5 rings (SSSR count). The van der Waals surface area contributed by atoms with Crippen molar-refractivity contribution in [2.75, 3.05) is 13.2 Å². The van der Waals surface area contributed by atoms with Crippen LogP contribution in [0.1, 0.15) is 34.3 Å². The molecule has 0 spiro atoms. The van der Waals surface area contributed by atoms with Crippen LogP contribution >= 0.6 is 0 Å². The molecular formula is C25H25N5O2. The zero-order chi connectivity index (χ0) is 21.9. The smallest absolute Gasteiger partial charge is 0.253 e. The number of fused-ring (bicyclic) bond motifs is 1. The van der Waals surface area contributed by atoms with E-state index in [0.29, 0.717) is 25.2 Å². The number of pyridine rings is 2. The van der Waals surface area contributed by atoms with Crippen LogP contribution in [0.5, 0.6) is 0 Å². The monoisotopic (exact) mass is 427 g/mol. The molecule has 0 atom stereocenters. The first-order valence-corrected chi connectivity index (χ1v) is 10.9. The van der Waals surface area contributed by atoms with Gasteiger partial charge in [0.1, 0.15) is 5.69 Å². The second-order valence-corrected chi connectivity index (χ2v) is 8.18. The largest absolute Gasteiger partial charge is 0.381 e. The lowest BCUT2D eigenvalue weighted by atomic mass is 9.99. The van der Waals surface area contributed by atoms with E-state index in [4.69, 9.17) is 4.74 Å². The number of amides is 1. The van der Waals surface area contributed by atoms with Gasteiger partial charge in [0, 0.05) is 50.3 Å². The van der Waals surface area contributed by atoms with E-state index in [2.05, 4.69) is 32.5 Å². The highest BCUT2D eigenvalue weighted by Gasteiger charge is 2.19. The van der Waals surface area contributed by atoms with Crippen molar-refractivity contribution in [1.82, 2.24) is 25.1 Å². The van der Waals surface area contributed by atoms with Gasteiger partial charge >= 0.3 is 0 Å². The lowest BCUT2D eigenvalue weighted by Crippen LogP contribution is -2.39. The molecule has 1 N–H and O–H groups in total. The van der Waals surface area contributed by atoms with Gasteiger partial charge in [0.2, 0.25) is 0 Å². The second kappa shape index (κ2) is 8.88. The summed E-state index contributed by atoms with van der Waals surface area (Å²) in [5.41, 5.74) is 5.15. The number of carbonyl (C=O) groups is 1. The van der Waals surface area contributed by atoms with Gasteiger partial charge in [-0.2, -0.15) is 5.10 Å². The number of carbonyl (C=O) groups excluding carboxylic acids is 1. The molecule has 0 radical (unpaired) electrons. The summed E-state index contributed by atoms with van der Waals surface area (Å²) in [7, 11) is 1.89. The van der Waals surface area contributed by atoms with Gasteiger partial charge in [0.25, 0.3) is 5.91 Å². The molecule has 1 fully saturated rings. The van der Waals surface area contributed by atoms with Gasteiger partial charge in [-0.15, -0.1) is 0 Å². The van der Waals surface area contributed by atoms with Crippen LogP contribution in [-0.2, 0) is 18.2 Å². The molecule has 32 heavy (non-hydrogen) atoms. The average molecular weight is 428 g/mol. The Hall–Kier alpha value is -3.58. The Morgan fingerprint density at radius 2 is 1.97 bits per heavy atom. The van der Waals surface area contributed by atoms with E-state index in [1.165, 1.54) is 0 Å². The van der Waals surface area contributed by atoms with Crippen LogP contribution in [0.25, 0.3) is 22.3 Å². The van der Waals surface area contributed by atoms with Crippen LogP contribution in [0.4, 0.5) is 0 Å². The Morgan fingerprint density at radius 1 is 1.09 bits per heavy atom. The Balaban J connectivity index is 1.41. The van der Waals surface area contributed by atoms with Gasteiger partial charge in [-0.05, 0) is 60.7 Å². The van der Waals surface area contributed by atoms with Crippen molar-refractivity contribution >= 4 is 16.8 Å². The first kappa shape index (κ1) is 20.3. The maximum atomic E-state index is 13.1. The van der Waals surface area contributed by atoms with E-state index in [-0.39, 0.29) is 11.9 Å². The number of nitrogens with zero attached hydrogens (tertiary/aromatic N) is 4. The van der Waals surface area contributed by atoms with Crippen LogP contribution < -0.4 is 5.32 Å². The lowest BCUT2D eigenvalue weighted by molar-refractivity contribution is 0.0697. The third-order valence-electron chi connectivity index (χ3n) is 5.77. The fraction of sp³-hybridized carbons (Fsp3) is 0.280. The average Bonchev–Trinajstić information content (AvgIpc) is 3.26. The van der Waals surface area contributed by atoms with E-state index in [1.54, 1.807) is 10.9 Å². The van der Waals surface area contributed by atoms with Crippen LogP contribution in [-0.4, -0.2) is 44.9 Å². The third kappa shape index (κ3) is 4.38. The molecule has 162 valence electrons. The number of nitrogens with one attached hydrogen (secondary N) is 1. The molecule has 4 aromatic rings. The molecule has 0 bridgehead atoms. The number of ether oxygens (including phenoxy) is 1. The van der Waals surface area contributed by atoms with Crippen molar-refractivity contribution in [1.29, 1.82) is 0 Å². The van der Waals surface area contributed by atoms with E-state index >= 15 is 0 Å². The maximum absolute atomic E-state index is 13.1. The fourth-order valence-corrected chi connectivity index (χ4v) is 4.10. The minimum Gasteiger partial charge on any atom is -0.381 e. The van der Waals surface area contributed by atoms with Gasteiger partial charge in [-0.1, -0.05) is 12.1 Å². The number of hydrogen-bond acceptors (Lipinski definition) is 5. The summed E-state index contributed by atoms with van der Waals surface area (Å²) >= 11 is 0. The molecule has 7 nitrogen and oxygen atoms in total. The highest BCUT2D eigenvalue weighted by atomic mass is 16.5. The molecule has 4 heterocycles. The molecule has 7 heteroatoms. The van der Waals surface area contributed by atoms with E-state index in [9.17, 15) is 4.79 Å². The van der Waals surface area contributed by atoms with Gasteiger partial charge in [-0.25, -0.2) is 0 Å². The molecule has 1 amide bonds. The molecular weight excluding hydrogens is 402 g/mol. The van der Waals surface area contributed by atoms with E-state index < -0.39 is 0 Å². The summed E-state index contributed by atoms with van der Waals surface area (Å²) in [6.45, 7) is 1.37. The van der Waals surface area contributed by atoms with Crippen molar-refractivity contribution in [2.24, 2.45) is 7.05 Å². The number of aromatic nitrogens is 4. The number of hydrogen-bond donors (Lipinski definition) is 1. The highest BCUT2D eigenvalue weighted by molar-refractivity contribution is 6.05. The standard InChI is InChI=1S/C25H25N5O2/c1-30-10-6-23(29-30)22-5-4-17(16-27-22)13-18-14-19-3-2-9-26-24(19)21(15-18)25(31)28-20-7-11-32-12-8-20/h2-6,9-10,14-16,20H,7-8,11-13H2,1H3,(H,28,31). The highest BCUT2D eigenvalue weighted by Crippen LogP contribution is 2.23. The quantitative estimate of drug-likeness (QED) is 0.527. The first-order valence-electron chi connectivity index (χ1n) is 10.9. The van der Waals surface area contributed by atoms with Crippen LogP contribution in [0, 0.1) is 0 Å². The number of rotatable bonds is 5. The summed E-state index contributed by atoms with van der Waals surface area (Å²) in [5.74, 6) is -0.0777. The van der Waals surface area contributed by atoms with E-state index in [1.807, 2.05) is 49.8 Å². The number of aryl methyl sites for hydroxylation is 1. The zero-order valence-corrected chi connectivity index (χ0v) is 18.0. The molecule has 1 aliphatic rings. The summed E-state index contributed by atoms with van der Waals surface area (Å²) in [6, 6.07) is 14.1. The minimum absolute atomic E-state index is 0.0777. The van der Waals surface area contributed by atoms with Gasteiger partial charge < -0.3 is 10.1 Å². The Kier molecular flexibility index (Phi) is 5.64. The van der Waals surface area contributed by atoms with Crippen molar-refractivity contribution in [2.45, 2.75) is 25.3 Å². The zero-order valence-electron chi connectivity index (χ0n) is 18.0. The molecule has 3 aromatic heterocycles. The van der Waals surface area contributed by atoms with E-state index in [0.717, 1.165) is 46.3 Å². The molecule has 0 aliphatic carbocycles. The summed E-state index contributed by atoms with van der Waals surface area (Å²) in [6.07, 6.45) is 7.86. The molecule has 0 unspecified atom stereocenters. The second-order valence-electron chi connectivity index (χ2n) is 8.18. The SMILES string of the molecule is Cn1ccc(-c2ccc(Cc3cc(C(=O)NC4CCOCC4)c4ncccc4c3)cn2)n1. The summed E-state index contributed by atoms with van der Waals surface area (Å²) in [4.78, 5) is 22.2. The molecule has 1 aromatic carbocycles. The third-order valence-corrected chi connectivity index (χ3v) is 5.77. The first-order chi connectivity index (χ1) is 15.7.